The molecule has 0 aromatic carbocycles. The first-order valence-corrected chi connectivity index (χ1v) is 4.13. The van der Waals surface area contributed by atoms with Crippen LogP contribution in [0.2, 0.25) is 0 Å². The van der Waals surface area contributed by atoms with Gasteiger partial charge in [-0.15, -0.1) is 24.0 Å². The normalized spacial score (nSPS) is 12.5. The van der Waals surface area contributed by atoms with Crippen molar-refractivity contribution < 1.29 is 9.53 Å². The van der Waals surface area contributed by atoms with Crippen molar-refractivity contribution in [3.63, 3.8) is 0 Å². The molecule has 4 nitrogen and oxygen atoms in total. The summed E-state index contributed by atoms with van der Waals surface area (Å²) in [6, 6.07) is 0. The maximum atomic E-state index is 10.2. The van der Waals surface area contributed by atoms with Crippen molar-refractivity contribution in [3.8, 4) is 0 Å². The molecule has 0 aliphatic carbocycles. The van der Waals surface area contributed by atoms with Crippen LogP contribution in [0.4, 0.5) is 4.79 Å². The van der Waals surface area contributed by atoms with Crippen molar-refractivity contribution in [2.24, 2.45) is 5.73 Å². The third-order valence-electron chi connectivity index (χ3n) is 0.890. The van der Waals surface area contributed by atoms with E-state index >= 15 is 0 Å². The van der Waals surface area contributed by atoms with E-state index in [-0.39, 0.29) is 0 Å². The topological polar surface area (TPSA) is 65.2 Å². The van der Waals surface area contributed by atoms with Gasteiger partial charge in [-0.3, -0.25) is 0 Å². The third-order valence-corrected chi connectivity index (χ3v) is 2.23. The van der Waals surface area contributed by atoms with Crippen molar-refractivity contribution in [1.29, 1.82) is 0 Å². The SMILES string of the molecule is NC(=O)OC(S)c1nccs1. The Hall–Kier alpha value is -0.750. The number of carbonyl (C=O) groups excluding carboxylic acids is 1. The number of carbonyl (C=O) groups is 1. The number of primary amides is 1. The van der Waals surface area contributed by atoms with E-state index in [1.165, 1.54) is 11.3 Å². The van der Waals surface area contributed by atoms with Crippen LogP contribution in [0, 0.1) is 0 Å². The lowest BCUT2D eigenvalue weighted by atomic mass is 10.7. The minimum Gasteiger partial charge on any atom is -0.428 e. The lowest BCUT2D eigenvalue weighted by Crippen LogP contribution is -2.14. The van der Waals surface area contributed by atoms with Crippen LogP contribution in [0.1, 0.15) is 10.4 Å². The highest BCUT2D eigenvalue weighted by atomic mass is 32.1. The summed E-state index contributed by atoms with van der Waals surface area (Å²) in [5.74, 6) is 0. The number of thiol groups is 1. The fourth-order valence-electron chi connectivity index (χ4n) is 0.517. The lowest BCUT2D eigenvalue weighted by molar-refractivity contribution is 0.147. The molecule has 0 radical (unpaired) electrons. The van der Waals surface area contributed by atoms with Gasteiger partial charge >= 0.3 is 6.09 Å². The van der Waals surface area contributed by atoms with E-state index in [9.17, 15) is 4.79 Å². The monoisotopic (exact) mass is 190 g/mol. The predicted octanol–water partition coefficient (Wildman–Crippen LogP) is 1.17. The van der Waals surface area contributed by atoms with Crippen LogP contribution < -0.4 is 5.73 Å². The molecule has 0 saturated carbocycles. The van der Waals surface area contributed by atoms with Crippen molar-refractivity contribution >= 4 is 30.1 Å². The first-order valence-electron chi connectivity index (χ1n) is 2.73. The molecule has 2 N–H and O–H groups in total. The Bertz CT molecular complexity index is 237. The zero-order valence-electron chi connectivity index (χ0n) is 5.43. The van der Waals surface area contributed by atoms with Gasteiger partial charge in [-0.25, -0.2) is 9.78 Å². The van der Waals surface area contributed by atoms with Crippen LogP contribution in [0.15, 0.2) is 11.6 Å². The van der Waals surface area contributed by atoms with E-state index in [2.05, 4.69) is 22.3 Å². The summed E-state index contributed by atoms with van der Waals surface area (Å²) in [6.07, 6.45) is 0.758. The smallest absolute Gasteiger partial charge is 0.406 e. The highest BCUT2D eigenvalue weighted by Gasteiger charge is 2.11. The van der Waals surface area contributed by atoms with Gasteiger partial charge in [0.2, 0.25) is 0 Å². The number of thiazole rings is 1. The third kappa shape index (κ3) is 2.39. The molecule has 1 aromatic heterocycles. The number of nitrogens with two attached hydrogens (primary N) is 1. The summed E-state index contributed by atoms with van der Waals surface area (Å²) < 4.78 is 4.55. The Balaban J connectivity index is 2.56. The number of rotatable bonds is 2. The van der Waals surface area contributed by atoms with Gasteiger partial charge in [0.15, 0.2) is 5.44 Å². The van der Waals surface area contributed by atoms with E-state index in [0.29, 0.717) is 5.01 Å². The van der Waals surface area contributed by atoms with Gasteiger partial charge in [0.1, 0.15) is 5.01 Å². The molecule has 60 valence electrons. The number of aromatic nitrogens is 1. The minimum atomic E-state index is -0.847. The lowest BCUT2D eigenvalue weighted by Gasteiger charge is -2.05. The van der Waals surface area contributed by atoms with E-state index in [0.717, 1.165) is 0 Å². The molecule has 0 aliphatic heterocycles. The standard InChI is InChI=1S/C5H6N2O2S2/c6-5(8)9-4(10)3-7-1-2-11-3/h1-2,4,10H,(H2,6,8). The van der Waals surface area contributed by atoms with Gasteiger partial charge < -0.3 is 10.5 Å². The zero-order valence-corrected chi connectivity index (χ0v) is 7.14. The van der Waals surface area contributed by atoms with Crippen LogP contribution >= 0.6 is 24.0 Å². The first kappa shape index (κ1) is 8.35. The Morgan fingerprint density at radius 2 is 2.64 bits per heavy atom. The van der Waals surface area contributed by atoms with Gasteiger partial charge in [-0.1, -0.05) is 0 Å². The average Bonchev–Trinajstić information content (AvgIpc) is 2.35. The molecule has 0 aliphatic rings. The Labute approximate surface area is 72.8 Å². The summed E-state index contributed by atoms with van der Waals surface area (Å²) in [5, 5.41) is 2.38. The largest absolute Gasteiger partial charge is 0.428 e. The molecule has 1 amide bonds. The summed E-state index contributed by atoms with van der Waals surface area (Å²) in [4.78, 5) is 14.1. The van der Waals surface area contributed by atoms with E-state index in [1.807, 2.05) is 0 Å². The number of amides is 1. The van der Waals surface area contributed by atoms with Gasteiger partial charge in [0.25, 0.3) is 0 Å². The summed E-state index contributed by atoms with van der Waals surface area (Å²) >= 11 is 5.30. The van der Waals surface area contributed by atoms with Crippen molar-refractivity contribution in [2.75, 3.05) is 0 Å². The molecule has 11 heavy (non-hydrogen) atoms. The second-order valence-corrected chi connectivity index (χ2v) is 3.05. The fourth-order valence-corrected chi connectivity index (χ4v) is 1.42. The van der Waals surface area contributed by atoms with Crippen molar-refractivity contribution in [2.45, 2.75) is 5.44 Å². The van der Waals surface area contributed by atoms with Gasteiger partial charge in [0, 0.05) is 11.6 Å². The van der Waals surface area contributed by atoms with Gasteiger partial charge in [-0.05, 0) is 0 Å². The highest BCUT2D eigenvalue weighted by molar-refractivity contribution is 7.80. The number of nitrogens with zero attached hydrogens (tertiary/aromatic N) is 1. The van der Waals surface area contributed by atoms with E-state index in [1.54, 1.807) is 11.6 Å². The number of hydrogen-bond donors (Lipinski definition) is 2. The number of ether oxygens (including phenoxy) is 1. The zero-order chi connectivity index (χ0) is 8.27. The second kappa shape index (κ2) is 3.59. The molecule has 1 heterocycles. The molecule has 1 aromatic rings. The summed E-state index contributed by atoms with van der Waals surface area (Å²) in [6.45, 7) is 0. The molecule has 6 heteroatoms. The molecule has 0 bridgehead atoms. The highest BCUT2D eigenvalue weighted by Crippen LogP contribution is 2.22. The van der Waals surface area contributed by atoms with Crippen LogP contribution in [-0.4, -0.2) is 11.1 Å². The Kier molecular flexibility index (Phi) is 2.72. The molecule has 1 rings (SSSR count). The Morgan fingerprint density at radius 1 is 1.91 bits per heavy atom. The molecular weight excluding hydrogens is 184 g/mol. The first-order chi connectivity index (χ1) is 5.20. The van der Waals surface area contributed by atoms with Crippen LogP contribution in [0.5, 0.6) is 0 Å². The predicted molar refractivity (Wildman–Crippen MR) is 44.5 cm³/mol. The van der Waals surface area contributed by atoms with Crippen LogP contribution in [-0.2, 0) is 4.74 Å². The maximum absolute atomic E-state index is 10.2. The molecule has 1 atom stereocenters. The van der Waals surface area contributed by atoms with Crippen LogP contribution in [0.3, 0.4) is 0 Å². The molecule has 0 fully saturated rings. The molecule has 0 saturated heterocycles. The number of hydrogen-bond acceptors (Lipinski definition) is 5. The summed E-state index contributed by atoms with van der Waals surface area (Å²) in [7, 11) is 0. The average molecular weight is 190 g/mol. The fraction of sp³-hybridized carbons (Fsp3) is 0.200. The van der Waals surface area contributed by atoms with E-state index < -0.39 is 11.5 Å². The minimum absolute atomic E-state index is 0.618. The summed E-state index contributed by atoms with van der Waals surface area (Å²) in [5.41, 5.74) is 4.12. The van der Waals surface area contributed by atoms with E-state index in [4.69, 9.17) is 5.73 Å². The van der Waals surface area contributed by atoms with Crippen molar-refractivity contribution in [3.05, 3.63) is 16.6 Å². The van der Waals surface area contributed by atoms with Crippen LogP contribution in [0.25, 0.3) is 0 Å². The molecule has 1 unspecified atom stereocenters. The van der Waals surface area contributed by atoms with Gasteiger partial charge in [0.05, 0.1) is 0 Å². The van der Waals surface area contributed by atoms with Gasteiger partial charge in [-0.2, -0.15) is 0 Å². The molecular formula is C5H6N2O2S2. The second-order valence-electron chi connectivity index (χ2n) is 1.66. The quantitative estimate of drug-likeness (QED) is 0.543. The maximum Gasteiger partial charge on any atom is 0.406 e. The molecule has 0 spiro atoms. The Morgan fingerprint density at radius 3 is 3.09 bits per heavy atom. The van der Waals surface area contributed by atoms with Crippen molar-refractivity contribution in [1.82, 2.24) is 4.98 Å².